The van der Waals surface area contributed by atoms with Crippen LogP contribution in [-0.4, -0.2) is 56.1 Å². The third-order valence-electron chi connectivity index (χ3n) is 3.71. The minimum atomic E-state index is -3.73. The molecular formula is C15H22N2O5S. The monoisotopic (exact) mass is 342 g/mol. The molecule has 0 fully saturated rings. The molecule has 7 nitrogen and oxygen atoms in total. The van der Waals surface area contributed by atoms with Crippen molar-refractivity contribution >= 4 is 21.6 Å². The smallest absolute Gasteiger partial charge is 0.243 e. The molecule has 0 radical (unpaired) electrons. The van der Waals surface area contributed by atoms with E-state index in [0.717, 1.165) is 0 Å². The standard InChI is InChI=1S/C15H22N2O5S/c1-4-16(7-8-18)23(20,21)13-5-6-15-14(9-13)17(12(3)19)10-11(2)22-15/h5-6,9,11,18H,4,7-8,10H2,1-3H3. The summed E-state index contributed by atoms with van der Waals surface area (Å²) in [6.45, 7) is 5.40. The number of benzene rings is 1. The molecule has 0 bridgehead atoms. The molecule has 1 aliphatic heterocycles. The zero-order chi connectivity index (χ0) is 17.2. The molecular weight excluding hydrogens is 320 g/mol. The molecule has 1 unspecified atom stereocenters. The molecule has 0 aromatic heterocycles. The van der Waals surface area contributed by atoms with Crippen LogP contribution in [0.2, 0.25) is 0 Å². The van der Waals surface area contributed by atoms with Gasteiger partial charge in [-0.1, -0.05) is 6.92 Å². The molecule has 0 spiro atoms. The van der Waals surface area contributed by atoms with E-state index in [2.05, 4.69) is 0 Å². The SMILES string of the molecule is CCN(CCO)S(=O)(=O)c1ccc2c(c1)N(C(C)=O)CC(C)O2. The number of aliphatic hydroxyl groups excluding tert-OH is 1. The average Bonchev–Trinajstić information content (AvgIpc) is 2.50. The van der Waals surface area contributed by atoms with Crippen molar-refractivity contribution in [3.8, 4) is 5.75 Å². The summed E-state index contributed by atoms with van der Waals surface area (Å²) in [5.74, 6) is 0.321. The van der Waals surface area contributed by atoms with Crippen LogP contribution in [0.1, 0.15) is 20.8 Å². The van der Waals surface area contributed by atoms with E-state index in [-0.39, 0.29) is 36.6 Å². The van der Waals surface area contributed by atoms with Gasteiger partial charge in [-0.2, -0.15) is 4.31 Å². The van der Waals surface area contributed by atoms with E-state index < -0.39 is 10.0 Å². The maximum Gasteiger partial charge on any atom is 0.243 e. The van der Waals surface area contributed by atoms with Gasteiger partial charge in [0.25, 0.3) is 0 Å². The van der Waals surface area contributed by atoms with E-state index in [9.17, 15) is 13.2 Å². The Morgan fingerprint density at radius 1 is 1.48 bits per heavy atom. The van der Waals surface area contributed by atoms with E-state index in [1.165, 1.54) is 28.3 Å². The van der Waals surface area contributed by atoms with Crippen LogP contribution in [0, 0.1) is 0 Å². The maximum atomic E-state index is 12.7. The first-order valence-electron chi connectivity index (χ1n) is 7.51. The number of carbonyl (C=O) groups is 1. The molecule has 1 amide bonds. The highest BCUT2D eigenvalue weighted by Gasteiger charge is 2.29. The normalized spacial score (nSPS) is 17.8. The summed E-state index contributed by atoms with van der Waals surface area (Å²) in [6, 6.07) is 4.49. The van der Waals surface area contributed by atoms with Gasteiger partial charge in [0, 0.05) is 20.0 Å². The van der Waals surface area contributed by atoms with Crippen molar-refractivity contribution in [2.75, 3.05) is 31.1 Å². The summed E-state index contributed by atoms with van der Waals surface area (Å²) in [5, 5.41) is 9.04. The van der Waals surface area contributed by atoms with Crippen LogP contribution in [0.3, 0.4) is 0 Å². The van der Waals surface area contributed by atoms with Crippen LogP contribution in [-0.2, 0) is 14.8 Å². The Morgan fingerprint density at radius 2 is 2.17 bits per heavy atom. The van der Waals surface area contributed by atoms with Crippen molar-refractivity contribution in [3.63, 3.8) is 0 Å². The van der Waals surface area contributed by atoms with Crippen LogP contribution in [0.4, 0.5) is 5.69 Å². The van der Waals surface area contributed by atoms with E-state index in [4.69, 9.17) is 9.84 Å². The lowest BCUT2D eigenvalue weighted by Gasteiger charge is -2.33. The summed E-state index contributed by atoms with van der Waals surface area (Å²) >= 11 is 0. The average molecular weight is 342 g/mol. The fourth-order valence-electron chi connectivity index (χ4n) is 2.58. The van der Waals surface area contributed by atoms with Crippen molar-refractivity contribution in [3.05, 3.63) is 18.2 Å². The lowest BCUT2D eigenvalue weighted by Crippen LogP contribution is -2.41. The van der Waals surface area contributed by atoms with Gasteiger partial charge in [0.2, 0.25) is 15.9 Å². The Bertz CT molecular complexity index is 689. The first kappa shape index (κ1) is 17.7. The summed E-state index contributed by atoms with van der Waals surface area (Å²) < 4.78 is 32.2. The number of hydrogen-bond donors (Lipinski definition) is 1. The van der Waals surface area contributed by atoms with E-state index >= 15 is 0 Å². The van der Waals surface area contributed by atoms with Gasteiger partial charge in [0.05, 0.1) is 23.7 Å². The predicted octanol–water partition coefficient (Wildman–Crippen LogP) is 0.823. The lowest BCUT2D eigenvalue weighted by atomic mass is 10.2. The number of anilines is 1. The molecule has 1 aromatic rings. The van der Waals surface area contributed by atoms with Gasteiger partial charge in [0.15, 0.2) is 0 Å². The number of nitrogens with zero attached hydrogens (tertiary/aromatic N) is 2. The van der Waals surface area contributed by atoms with Gasteiger partial charge in [-0.25, -0.2) is 8.42 Å². The Balaban J connectivity index is 2.48. The first-order valence-corrected chi connectivity index (χ1v) is 8.95. The summed E-state index contributed by atoms with van der Waals surface area (Å²) in [5.41, 5.74) is 0.455. The molecule has 0 saturated heterocycles. The highest BCUT2D eigenvalue weighted by molar-refractivity contribution is 7.89. The van der Waals surface area contributed by atoms with E-state index in [0.29, 0.717) is 18.0 Å². The second-order valence-electron chi connectivity index (χ2n) is 5.41. The number of fused-ring (bicyclic) bond motifs is 1. The van der Waals surface area contributed by atoms with Crippen LogP contribution >= 0.6 is 0 Å². The fourth-order valence-corrected chi connectivity index (χ4v) is 4.05. The quantitative estimate of drug-likeness (QED) is 0.856. The molecule has 1 atom stereocenters. The minimum absolute atomic E-state index is 0.0277. The third-order valence-corrected chi connectivity index (χ3v) is 5.68. The number of likely N-dealkylation sites (N-methyl/N-ethyl adjacent to an activating group) is 1. The number of sulfonamides is 1. The topological polar surface area (TPSA) is 87.2 Å². The molecule has 0 saturated carbocycles. The predicted molar refractivity (Wildman–Crippen MR) is 86.1 cm³/mol. The number of ether oxygens (including phenoxy) is 1. The molecule has 1 N–H and O–H groups in total. The molecule has 128 valence electrons. The Hall–Kier alpha value is -1.64. The Morgan fingerprint density at radius 3 is 2.74 bits per heavy atom. The second kappa shape index (κ2) is 6.86. The second-order valence-corrected chi connectivity index (χ2v) is 7.35. The molecule has 0 aliphatic carbocycles. The van der Waals surface area contributed by atoms with Crippen LogP contribution in [0.5, 0.6) is 5.75 Å². The van der Waals surface area contributed by atoms with Crippen molar-refractivity contribution in [2.45, 2.75) is 31.8 Å². The van der Waals surface area contributed by atoms with Crippen LogP contribution in [0.15, 0.2) is 23.1 Å². The van der Waals surface area contributed by atoms with Gasteiger partial charge in [-0.05, 0) is 25.1 Å². The highest BCUT2D eigenvalue weighted by Crippen LogP contribution is 2.36. The first-order chi connectivity index (χ1) is 10.8. The summed E-state index contributed by atoms with van der Waals surface area (Å²) in [7, 11) is -3.73. The van der Waals surface area contributed by atoms with Gasteiger partial charge >= 0.3 is 0 Å². The number of rotatable bonds is 5. The lowest BCUT2D eigenvalue weighted by molar-refractivity contribution is -0.117. The van der Waals surface area contributed by atoms with Gasteiger partial charge < -0.3 is 14.7 Å². The molecule has 1 aliphatic rings. The molecule has 1 aromatic carbocycles. The van der Waals surface area contributed by atoms with Crippen LogP contribution in [0.25, 0.3) is 0 Å². The number of hydrogen-bond acceptors (Lipinski definition) is 5. The number of amides is 1. The molecule has 8 heteroatoms. The Kier molecular flexibility index (Phi) is 5.28. The Labute approximate surface area is 136 Å². The van der Waals surface area contributed by atoms with Crippen molar-refractivity contribution < 1.29 is 23.1 Å². The van der Waals surface area contributed by atoms with E-state index in [1.807, 2.05) is 6.92 Å². The van der Waals surface area contributed by atoms with Crippen molar-refractivity contribution in [1.82, 2.24) is 4.31 Å². The van der Waals surface area contributed by atoms with Gasteiger partial charge in [-0.3, -0.25) is 4.79 Å². The van der Waals surface area contributed by atoms with E-state index in [1.54, 1.807) is 13.0 Å². The van der Waals surface area contributed by atoms with Gasteiger partial charge in [-0.15, -0.1) is 0 Å². The number of aliphatic hydroxyl groups is 1. The van der Waals surface area contributed by atoms with Crippen LogP contribution < -0.4 is 9.64 Å². The molecule has 2 rings (SSSR count). The zero-order valence-electron chi connectivity index (χ0n) is 13.5. The van der Waals surface area contributed by atoms with Crippen molar-refractivity contribution in [2.24, 2.45) is 0 Å². The molecule has 23 heavy (non-hydrogen) atoms. The third kappa shape index (κ3) is 3.49. The molecule has 1 heterocycles. The summed E-state index contributed by atoms with van der Waals surface area (Å²) in [6.07, 6.45) is -0.157. The highest BCUT2D eigenvalue weighted by atomic mass is 32.2. The van der Waals surface area contributed by atoms with Gasteiger partial charge in [0.1, 0.15) is 11.9 Å². The summed E-state index contributed by atoms with van der Waals surface area (Å²) in [4.78, 5) is 13.4. The minimum Gasteiger partial charge on any atom is -0.487 e. The zero-order valence-corrected chi connectivity index (χ0v) is 14.3. The fraction of sp³-hybridized carbons (Fsp3) is 0.533. The maximum absolute atomic E-state index is 12.7. The largest absolute Gasteiger partial charge is 0.487 e. The number of carbonyl (C=O) groups excluding carboxylic acids is 1. The van der Waals surface area contributed by atoms with Crippen molar-refractivity contribution in [1.29, 1.82) is 0 Å².